The first kappa shape index (κ1) is 13.4. The maximum atomic E-state index is 5.99. The van der Waals surface area contributed by atoms with Crippen LogP contribution in [0.5, 0.6) is 5.75 Å². The summed E-state index contributed by atoms with van der Waals surface area (Å²) in [5, 5.41) is 3.56. The average Bonchev–Trinajstić information content (AvgIpc) is 3.12. The predicted octanol–water partition coefficient (Wildman–Crippen LogP) is 3.67. The number of hydrogen-bond donors (Lipinski definition) is 1. The van der Waals surface area contributed by atoms with E-state index < -0.39 is 0 Å². The summed E-state index contributed by atoms with van der Waals surface area (Å²) in [6, 6.07) is 7.17. The first-order valence-electron chi connectivity index (χ1n) is 7.11. The fourth-order valence-electron chi connectivity index (χ4n) is 2.00. The second-order valence-electron chi connectivity index (χ2n) is 5.75. The second kappa shape index (κ2) is 6.24. The summed E-state index contributed by atoms with van der Waals surface area (Å²) in [5.74, 6) is 1.79. The third-order valence-electron chi connectivity index (χ3n) is 3.39. The molecule has 0 aliphatic heterocycles. The lowest BCUT2D eigenvalue weighted by Gasteiger charge is -2.15. The topological polar surface area (TPSA) is 21.3 Å². The van der Waals surface area contributed by atoms with E-state index in [1.165, 1.54) is 24.0 Å². The summed E-state index contributed by atoms with van der Waals surface area (Å²) >= 11 is 0. The van der Waals surface area contributed by atoms with Crippen molar-refractivity contribution in [2.45, 2.75) is 52.6 Å². The first-order valence-corrected chi connectivity index (χ1v) is 7.11. The summed E-state index contributed by atoms with van der Waals surface area (Å²) in [7, 11) is 0. The molecular weight excluding hydrogens is 222 g/mol. The van der Waals surface area contributed by atoms with Crippen LogP contribution in [0.2, 0.25) is 0 Å². The van der Waals surface area contributed by atoms with Crippen LogP contribution in [0, 0.1) is 12.8 Å². The van der Waals surface area contributed by atoms with Crippen molar-refractivity contribution in [2.24, 2.45) is 5.92 Å². The quantitative estimate of drug-likeness (QED) is 0.793. The lowest BCUT2D eigenvalue weighted by molar-refractivity contribution is 0.284. The van der Waals surface area contributed by atoms with Crippen molar-refractivity contribution in [1.29, 1.82) is 0 Å². The lowest BCUT2D eigenvalue weighted by atomic mass is 10.1. The van der Waals surface area contributed by atoms with Gasteiger partial charge in [-0.25, -0.2) is 0 Å². The van der Waals surface area contributed by atoms with Gasteiger partial charge in [-0.1, -0.05) is 32.0 Å². The van der Waals surface area contributed by atoms with Gasteiger partial charge >= 0.3 is 0 Å². The Morgan fingerprint density at radius 2 is 2.11 bits per heavy atom. The van der Waals surface area contributed by atoms with E-state index in [2.05, 4.69) is 44.3 Å². The fraction of sp³-hybridized carbons (Fsp3) is 0.625. The van der Waals surface area contributed by atoms with Crippen LogP contribution >= 0.6 is 0 Å². The summed E-state index contributed by atoms with van der Waals surface area (Å²) in [4.78, 5) is 0. The van der Waals surface area contributed by atoms with Crippen LogP contribution in [0.4, 0.5) is 0 Å². The zero-order valence-corrected chi connectivity index (χ0v) is 11.8. The van der Waals surface area contributed by atoms with E-state index in [4.69, 9.17) is 4.74 Å². The molecule has 0 heterocycles. The van der Waals surface area contributed by atoms with Gasteiger partial charge in [0.2, 0.25) is 0 Å². The molecule has 1 N–H and O–H groups in total. The highest BCUT2D eigenvalue weighted by atomic mass is 16.5. The molecule has 0 saturated heterocycles. The van der Waals surface area contributed by atoms with Gasteiger partial charge < -0.3 is 10.1 Å². The summed E-state index contributed by atoms with van der Waals surface area (Å²) in [5.41, 5.74) is 2.54. The van der Waals surface area contributed by atoms with Crippen LogP contribution in [0.15, 0.2) is 18.2 Å². The van der Waals surface area contributed by atoms with Crippen molar-refractivity contribution in [3.8, 4) is 5.75 Å². The number of hydrogen-bond acceptors (Lipinski definition) is 2. The largest absolute Gasteiger partial charge is 0.493 e. The Morgan fingerprint density at radius 3 is 2.78 bits per heavy atom. The molecule has 2 nitrogen and oxygen atoms in total. The smallest absolute Gasteiger partial charge is 0.126 e. The molecule has 100 valence electrons. The monoisotopic (exact) mass is 247 g/mol. The third kappa shape index (κ3) is 4.02. The van der Waals surface area contributed by atoms with Gasteiger partial charge in [-0.15, -0.1) is 0 Å². The molecule has 2 heteroatoms. The van der Waals surface area contributed by atoms with E-state index in [0.717, 1.165) is 31.4 Å². The first-order chi connectivity index (χ1) is 8.66. The zero-order chi connectivity index (χ0) is 13.0. The molecule has 1 aromatic rings. The Balaban J connectivity index is 1.95. The molecule has 1 fully saturated rings. The van der Waals surface area contributed by atoms with Crippen LogP contribution in [0.3, 0.4) is 0 Å². The molecule has 0 aromatic heterocycles. The number of para-hydroxylation sites is 1. The molecular formula is C16H25NO. The van der Waals surface area contributed by atoms with Crippen LogP contribution in [-0.4, -0.2) is 12.6 Å². The summed E-state index contributed by atoms with van der Waals surface area (Å²) < 4.78 is 5.99. The highest BCUT2D eigenvalue weighted by molar-refractivity contribution is 5.40. The van der Waals surface area contributed by atoms with Crippen LogP contribution in [0.25, 0.3) is 0 Å². The SMILES string of the molecule is Cc1cccc(CNC2CC2)c1OCCC(C)C. The van der Waals surface area contributed by atoms with E-state index >= 15 is 0 Å². The highest BCUT2D eigenvalue weighted by Crippen LogP contribution is 2.26. The average molecular weight is 247 g/mol. The standard InChI is InChI=1S/C16H25NO/c1-12(2)9-10-18-16-13(3)5-4-6-14(16)11-17-15-7-8-15/h4-6,12,15,17H,7-11H2,1-3H3. The summed E-state index contributed by atoms with van der Waals surface area (Å²) in [6.45, 7) is 8.35. The minimum atomic E-state index is 0.696. The van der Waals surface area contributed by atoms with Gasteiger partial charge in [0.15, 0.2) is 0 Å². The highest BCUT2D eigenvalue weighted by Gasteiger charge is 2.20. The Hall–Kier alpha value is -1.02. The van der Waals surface area contributed by atoms with E-state index in [9.17, 15) is 0 Å². The summed E-state index contributed by atoms with van der Waals surface area (Å²) in [6.07, 6.45) is 3.77. The molecule has 2 rings (SSSR count). The molecule has 1 aliphatic rings. The Morgan fingerprint density at radius 1 is 1.33 bits per heavy atom. The molecule has 18 heavy (non-hydrogen) atoms. The maximum absolute atomic E-state index is 5.99. The van der Waals surface area contributed by atoms with Gasteiger partial charge in [-0.05, 0) is 37.7 Å². The van der Waals surface area contributed by atoms with Crippen molar-refractivity contribution in [3.63, 3.8) is 0 Å². The number of rotatable bonds is 7. The molecule has 0 bridgehead atoms. The van der Waals surface area contributed by atoms with E-state index in [-0.39, 0.29) is 0 Å². The number of ether oxygens (including phenoxy) is 1. The number of benzene rings is 1. The van der Waals surface area contributed by atoms with Crippen molar-refractivity contribution >= 4 is 0 Å². The van der Waals surface area contributed by atoms with Crippen molar-refractivity contribution < 1.29 is 4.74 Å². The Kier molecular flexibility index (Phi) is 4.65. The van der Waals surface area contributed by atoms with Gasteiger partial charge in [-0.2, -0.15) is 0 Å². The minimum Gasteiger partial charge on any atom is -0.493 e. The van der Waals surface area contributed by atoms with Crippen molar-refractivity contribution in [1.82, 2.24) is 5.32 Å². The third-order valence-corrected chi connectivity index (χ3v) is 3.39. The Labute approximate surface area is 111 Å². The normalized spacial score (nSPS) is 15.1. The molecule has 1 aliphatic carbocycles. The number of nitrogens with one attached hydrogen (secondary N) is 1. The second-order valence-corrected chi connectivity index (χ2v) is 5.75. The molecule has 1 aromatic carbocycles. The fourth-order valence-corrected chi connectivity index (χ4v) is 2.00. The molecule has 0 atom stereocenters. The minimum absolute atomic E-state index is 0.696. The molecule has 0 unspecified atom stereocenters. The molecule has 0 radical (unpaired) electrons. The van der Waals surface area contributed by atoms with Crippen molar-refractivity contribution in [3.05, 3.63) is 29.3 Å². The van der Waals surface area contributed by atoms with Crippen LogP contribution in [0.1, 0.15) is 44.2 Å². The van der Waals surface area contributed by atoms with Gasteiger partial charge in [0.05, 0.1) is 6.61 Å². The van der Waals surface area contributed by atoms with Gasteiger partial charge in [0.1, 0.15) is 5.75 Å². The number of aryl methyl sites for hydroxylation is 1. The van der Waals surface area contributed by atoms with E-state index in [1.54, 1.807) is 0 Å². The van der Waals surface area contributed by atoms with Gasteiger partial charge in [0.25, 0.3) is 0 Å². The van der Waals surface area contributed by atoms with Gasteiger partial charge in [0, 0.05) is 18.2 Å². The molecule has 1 saturated carbocycles. The molecule has 0 spiro atoms. The zero-order valence-electron chi connectivity index (χ0n) is 11.8. The van der Waals surface area contributed by atoms with E-state index in [0.29, 0.717) is 5.92 Å². The lowest BCUT2D eigenvalue weighted by Crippen LogP contribution is -2.16. The molecule has 0 amide bonds. The Bertz CT molecular complexity index is 383. The maximum Gasteiger partial charge on any atom is 0.126 e. The van der Waals surface area contributed by atoms with Crippen LogP contribution in [-0.2, 0) is 6.54 Å². The predicted molar refractivity (Wildman–Crippen MR) is 76.0 cm³/mol. The van der Waals surface area contributed by atoms with E-state index in [1.807, 2.05) is 0 Å². The van der Waals surface area contributed by atoms with Crippen molar-refractivity contribution in [2.75, 3.05) is 6.61 Å². The van der Waals surface area contributed by atoms with Crippen LogP contribution < -0.4 is 10.1 Å². The van der Waals surface area contributed by atoms with Gasteiger partial charge in [-0.3, -0.25) is 0 Å².